The summed E-state index contributed by atoms with van der Waals surface area (Å²) in [4.78, 5) is 30.1. The number of benzene rings is 2. The smallest absolute Gasteiger partial charge is 0.273 e. The second-order valence-corrected chi connectivity index (χ2v) is 8.96. The van der Waals surface area contributed by atoms with Gasteiger partial charge in [0.15, 0.2) is 0 Å². The highest BCUT2D eigenvalue weighted by molar-refractivity contribution is 9.11. The molecule has 2 amide bonds. The zero-order valence-electron chi connectivity index (χ0n) is 17.7. The number of amides is 2. The molecular weight excluding hydrogens is 485 g/mol. The normalized spacial score (nSPS) is 22.1. The molecule has 0 spiro atoms. The van der Waals surface area contributed by atoms with Crippen molar-refractivity contribution >= 4 is 44.7 Å². The van der Waals surface area contributed by atoms with Gasteiger partial charge in [-0.2, -0.15) is 5.10 Å². The Hall–Kier alpha value is -3.45. The number of carbonyl (C=O) groups is 2. The molecule has 0 fully saturated rings. The first kappa shape index (κ1) is 21.4. The summed E-state index contributed by atoms with van der Waals surface area (Å²) in [7, 11) is 0. The Morgan fingerprint density at radius 3 is 2.52 bits per heavy atom. The molecule has 3 aliphatic rings. The summed E-state index contributed by atoms with van der Waals surface area (Å²) < 4.78 is 14.4. The van der Waals surface area contributed by atoms with Gasteiger partial charge in [-0.1, -0.05) is 64.5 Å². The van der Waals surface area contributed by atoms with Gasteiger partial charge >= 0.3 is 0 Å². The number of halogens is 2. The Morgan fingerprint density at radius 2 is 1.82 bits per heavy atom. The van der Waals surface area contributed by atoms with E-state index in [2.05, 4.69) is 26.0 Å². The van der Waals surface area contributed by atoms with Gasteiger partial charge in [0.25, 0.3) is 5.91 Å². The molecule has 164 valence electrons. The van der Waals surface area contributed by atoms with Crippen molar-refractivity contribution in [3.05, 3.63) is 99.8 Å². The van der Waals surface area contributed by atoms with E-state index in [0.29, 0.717) is 23.4 Å². The Kier molecular flexibility index (Phi) is 5.50. The van der Waals surface area contributed by atoms with E-state index in [9.17, 15) is 14.0 Å². The molecule has 1 aliphatic carbocycles. The Morgan fingerprint density at radius 1 is 1.09 bits per heavy atom. The molecule has 0 aromatic heterocycles. The number of dihydropyridines is 1. The summed E-state index contributed by atoms with van der Waals surface area (Å²) >= 11 is 3.54. The molecule has 2 heterocycles. The van der Waals surface area contributed by atoms with Crippen molar-refractivity contribution in [1.82, 2.24) is 5.01 Å². The number of hydrogen-bond acceptors (Lipinski definition) is 3. The monoisotopic (exact) mass is 503 g/mol. The molecule has 2 atom stereocenters. The summed E-state index contributed by atoms with van der Waals surface area (Å²) in [5, 5.41) is 5.95. The van der Waals surface area contributed by atoms with Crippen molar-refractivity contribution in [1.29, 1.82) is 0 Å². The molecule has 2 aliphatic heterocycles. The van der Waals surface area contributed by atoms with Crippen LogP contribution in [0.25, 0.3) is 5.57 Å². The van der Waals surface area contributed by atoms with Gasteiger partial charge in [-0.15, -0.1) is 0 Å². The fourth-order valence-electron chi connectivity index (χ4n) is 4.47. The number of hydrazone groups is 1. The van der Waals surface area contributed by atoms with Crippen LogP contribution in [-0.2, 0) is 9.59 Å². The molecule has 0 saturated carbocycles. The molecule has 0 radical (unpaired) electrons. The molecule has 0 saturated heterocycles. The van der Waals surface area contributed by atoms with Crippen LogP contribution in [0.2, 0.25) is 0 Å². The van der Waals surface area contributed by atoms with E-state index in [4.69, 9.17) is 0 Å². The van der Waals surface area contributed by atoms with Crippen LogP contribution in [0.1, 0.15) is 30.5 Å². The van der Waals surface area contributed by atoms with Gasteiger partial charge in [-0.25, -0.2) is 14.4 Å². The highest BCUT2D eigenvalue weighted by atomic mass is 79.9. The third kappa shape index (κ3) is 3.93. The van der Waals surface area contributed by atoms with E-state index >= 15 is 0 Å². The minimum atomic E-state index is -0.422. The lowest BCUT2D eigenvalue weighted by Gasteiger charge is -2.27. The lowest BCUT2D eigenvalue weighted by molar-refractivity contribution is -0.130. The average Bonchev–Trinajstić information content (AvgIpc) is 3.25. The van der Waals surface area contributed by atoms with Crippen molar-refractivity contribution in [3.8, 4) is 0 Å². The maximum Gasteiger partial charge on any atom is 0.279 e. The molecule has 0 bridgehead atoms. The molecule has 7 heteroatoms. The summed E-state index contributed by atoms with van der Waals surface area (Å²) in [5.74, 6) is -1.21. The minimum absolute atomic E-state index is 0.224. The largest absolute Gasteiger partial charge is 0.279 e. The van der Waals surface area contributed by atoms with Crippen molar-refractivity contribution in [3.63, 3.8) is 0 Å². The number of nitrogens with zero attached hydrogens (tertiary/aromatic N) is 3. The van der Waals surface area contributed by atoms with Crippen LogP contribution in [0.5, 0.6) is 0 Å². The molecule has 2 aromatic carbocycles. The van der Waals surface area contributed by atoms with Crippen molar-refractivity contribution in [2.75, 3.05) is 0 Å². The minimum Gasteiger partial charge on any atom is -0.273 e. The number of allylic oxidation sites excluding steroid dienone is 5. The zero-order chi connectivity index (χ0) is 23.1. The Labute approximate surface area is 198 Å². The number of carbonyl (C=O) groups excluding carboxylic acids is 2. The molecule has 5 nitrogen and oxygen atoms in total. The van der Waals surface area contributed by atoms with E-state index in [1.807, 2.05) is 48.6 Å². The van der Waals surface area contributed by atoms with Gasteiger partial charge in [-0.05, 0) is 41.0 Å². The van der Waals surface area contributed by atoms with E-state index in [0.717, 1.165) is 21.2 Å². The van der Waals surface area contributed by atoms with Crippen molar-refractivity contribution in [2.24, 2.45) is 16.0 Å². The van der Waals surface area contributed by atoms with E-state index in [-0.39, 0.29) is 23.5 Å². The second kappa shape index (κ2) is 8.48. The van der Waals surface area contributed by atoms with Gasteiger partial charge in [-0.3, -0.25) is 9.59 Å². The standard InChI is InChI=1S/C26H19BrFN3O2/c1-15(32)31-23(16-7-10-19(28)11-8-16)14-22(30-31)25-24(17-5-3-2-4-6-17)20-13-18(27)9-12-21(20)29-26(25)33/h2-13,20,23H,14H2,1H3. The van der Waals surface area contributed by atoms with Gasteiger partial charge in [0.2, 0.25) is 5.91 Å². The number of fused-ring (bicyclic) bond motifs is 1. The van der Waals surface area contributed by atoms with Crippen LogP contribution in [-0.4, -0.2) is 28.2 Å². The van der Waals surface area contributed by atoms with Gasteiger partial charge in [0.1, 0.15) is 5.82 Å². The molecule has 2 aromatic rings. The zero-order valence-corrected chi connectivity index (χ0v) is 19.3. The fourth-order valence-corrected chi connectivity index (χ4v) is 4.86. The van der Waals surface area contributed by atoms with E-state index < -0.39 is 6.04 Å². The molecule has 5 rings (SSSR count). The number of rotatable bonds is 3. The second-order valence-electron chi connectivity index (χ2n) is 8.04. The van der Waals surface area contributed by atoms with E-state index in [1.54, 1.807) is 12.1 Å². The predicted octanol–water partition coefficient (Wildman–Crippen LogP) is 5.37. The van der Waals surface area contributed by atoms with Crippen LogP contribution in [0.15, 0.2) is 93.0 Å². The lowest BCUT2D eigenvalue weighted by atomic mass is 9.79. The highest BCUT2D eigenvalue weighted by Crippen LogP contribution is 2.41. The van der Waals surface area contributed by atoms with E-state index in [1.165, 1.54) is 24.1 Å². The quantitative estimate of drug-likeness (QED) is 0.564. The van der Waals surface area contributed by atoms with Crippen LogP contribution in [0.3, 0.4) is 0 Å². The first-order chi connectivity index (χ1) is 15.9. The lowest BCUT2D eigenvalue weighted by Crippen LogP contribution is -2.27. The summed E-state index contributed by atoms with van der Waals surface area (Å²) in [6.07, 6.45) is 6.06. The fraction of sp³-hybridized carbons (Fsp3) is 0.154. The van der Waals surface area contributed by atoms with Gasteiger partial charge in [0, 0.05) is 23.7 Å². The van der Waals surface area contributed by atoms with Crippen molar-refractivity contribution in [2.45, 2.75) is 19.4 Å². The van der Waals surface area contributed by atoms with Gasteiger partial charge < -0.3 is 0 Å². The van der Waals surface area contributed by atoms with Gasteiger partial charge in [0.05, 0.1) is 23.0 Å². The molecule has 33 heavy (non-hydrogen) atoms. The average molecular weight is 504 g/mol. The van der Waals surface area contributed by atoms with Crippen LogP contribution >= 0.6 is 15.9 Å². The highest BCUT2D eigenvalue weighted by Gasteiger charge is 2.39. The third-order valence-electron chi connectivity index (χ3n) is 5.94. The summed E-state index contributed by atoms with van der Waals surface area (Å²) in [5.41, 5.74) is 4.05. The maximum atomic E-state index is 13.5. The SMILES string of the molecule is CC(=O)N1N=C(C2=C(c3ccccc3)C3C=C(Br)C=CC3=NC2=O)CC1c1ccc(F)cc1. The summed E-state index contributed by atoms with van der Waals surface area (Å²) in [6, 6.07) is 15.3. The first-order valence-corrected chi connectivity index (χ1v) is 11.3. The Balaban J connectivity index is 1.66. The molecule has 2 unspecified atom stereocenters. The van der Waals surface area contributed by atoms with Crippen molar-refractivity contribution < 1.29 is 14.0 Å². The molecule has 0 N–H and O–H groups in total. The first-order valence-electron chi connectivity index (χ1n) is 10.5. The number of hydrogen-bond donors (Lipinski definition) is 0. The van der Waals surface area contributed by atoms with Crippen LogP contribution in [0.4, 0.5) is 4.39 Å². The third-order valence-corrected chi connectivity index (χ3v) is 6.47. The summed E-state index contributed by atoms with van der Waals surface area (Å²) in [6.45, 7) is 1.43. The van der Waals surface area contributed by atoms with Crippen LogP contribution in [0, 0.1) is 11.7 Å². The Bertz CT molecular complexity index is 1310. The van der Waals surface area contributed by atoms with Crippen LogP contribution < -0.4 is 0 Å². The molecular formula is C26H19BrFN3O2. The predicted molar refractivity (Wildman–Crippen MR) is 129 cm³/mol. The maximum absolute atomic E-state index is 13.5. The number of aliphatic imine (C=N–C) groups is 1. The topological polar surface area (TPSA) is 62.1 Å².